The number of ether oxygens (including phenoxy) is 1. The van der Waals surface area contributed by atoms with Gasteiger partial charge >= 0.3 is 0 Å². The van der Waals surface area contributed by atoms with E-state index in [4.69, 9.17) is 14.1 Å². The van der Waals surface area contributed by atoms with E-state index in [-0.39, 0.29) is 5.91 Å². The Morgan fingerprint density at radius 2 is 2.03 bits per heavy atom. The Morgan fingerprint density at radius 3 is 2.77 bits per heavy atom. The van der Waals surface area contributed by atoms with Gasteiger partial charge in [-0.05, 0) is 48.6 Å². The predicted octanol–water partition coefficient (Wildman–Crippen LogP) is 6.17. The van der Waals surface area contributed by atoms with Crippen molar-refractivity contribution in [1.82, 2.24) is 4.98 Å². The summed E-state index contributed by atoms with van der Waals surface area (Å²) in [7, 11) is 1.63. The van der Waals surface area contributed by atoms with Gasteiger partial charge in [-0.25, -0.2) is 4.98 Å². The number of furan rings is 1. The molecule has 0 unspecified atom stereocenters. The summed E-state index contributed by atoms with van der Waals surface area (Å²) >= 11 is 3.15. The Balaban J connectivity index is 1.82. The number of aryl methyl sites for hydroxylation is 1. The van der Waals surface area contributed by atoms with Gasteiger partial charge in [0.25, 0.3) is 5.91 Å². The third-order valence-electron chi connectivity index (χ3n) is 4.70. The lowest BCUT2D eigenvalue weighted by atomic mass is 10.2. The fourth-order valence-electron chi connectivity index (χ4n) is 3.23. The van der Waals surface area contributed by atoms with Crippen molar-refractivity contribution in [2.45, 2.75) is 25.3 Å². The van der Waals surface area contributed by atoms with E-state index in [0.29, 0.717) is 28.7 Å². The third-order valence-corrected chi connectivity index (χ3v) is 6.87. The Hall–Kier alpha value is -2.77. The number of benzene rings is 2. The molecule has 30 heavy (non-hydrogen) atoms. The van der Waals surface area contributed by atoms with Crippen LogP contribution >= 0.6 is 23.1 Å². The van der Waals surface area contributed by atoms with E-state index in [1.54, 1.807) is 30.0 Å². The van der Waals surface area contributed by atoms with Gasteiger partial charge in [-0.2, -0.15) is 0 Å². The first-order valence-electron chi connectivity index (χ1n) is 9.62. The second kappa shape index (κ2) is 8.93. The molecule has 0 radical (unpaired) electrons. The van der Waals surface area contributed by atoms with E-state index in [1.807, 2.05) is 55.5 Å². The number of rotatable bonds is 7. The number of carbonyl (C=O) groups is 1. The molecule has 0 fully saturated rings. The smallest absolute Gasteiger partial charge is 0.261 e. The molecule has 0 aliphatic rings. The average molecular weight is 439 g/mol. The number of thioether (sulfide) groups is 1. The van der Waals surface area contributed by atoms with Crippen molar-refractivity contribution in [2.24, 2.45) is 0 Å². The standard InChI is InChI=1S/C23H22N2O3S2/c1-4-29-19-10-6-5-9-17(19)22(26)25(14-16-8-7-13-28-16)23-24-20-18(27-3)12-11-15(2)21(20)30-23/h5-13H,4,14H2,1-3H3. The Morgan fingerprint density at radius 1 is 1.20 bits per heavy atom. The molecule has 7 heteroatoms. The van der Waals surface area contributed by atoms with Crippen molar-refractivity contribution in [3.8, 4) is 5.75 Å². The Bertz CT molecular complexity index is 1170. The lowest BCUT2D eigenvalue weighted by Gasteiger charge is -2.20. The van der Waals surface area contributed by atoms with Gasteiger partial charge in [0.2, 0.25) is 0 Å². The SMILES string of the molecule is CCSc1ccccc1C(=O)N(Cc1ccco1)c1nc2c(OC)ccc(C)c2s1. The van der Waals surface area contributed by atoms with Crippen LogP contribution in [0, 0.1) is 6.92 Å². The largest absolute Gasteiger partial charge is 0.494 e. The number of thiazole rings is 1. The van der Waals surface area contributed by atoms with Crippen molar-refractivity contribution in [1.29, 1.82) is 0 Å². The molecule has 0 atom stereocenters. The molecule has 0 bridgehead atoms. The first-order valence-corrected chi connectivity index (χ1v) is 11.4. The number of aromatic nitrogens is 1. The Labute approximate surface area is 183 Å². The molecule has 0 aliphatic carbocycles. The molecule has 4 aromatic rings. The highest BCUT2D eigenvalue weighted by Crippen LogP contribution is 2.38. The van der Waals surface area contributed by atoms with Gasteiger partial charge in [0, 0.05) is 4.90 Å². The van der Waals surface area contributed by atoms with Crippen LogP contribution in [0.5, 0.6) is 5.75 Å². The first-order chi connectivity index (χ1) is 14.6. The second-order valence-electron chi connectivity index (χ2n) is 6.66. The topological polar surface area (TPSA) is 55.6 Å². The van der Waals surface area contributed by atoms with Gasteiger partial charge in [-0.3, -0.25) is 9.69 Å². The van der Waals surface area contributed by atoms with Gasteiger partial charge in [-0.15, -0.1) is 11.8 Å². The number of anilines is 1. The van der Waals surface area contributed by atoms with Gasteiger partial charge < -0.3 is 9.15 Å². The van der Waals surface area contributed by atoms with E-state index in [9.17, 15) is 4.79 Å². The van der Waals surface area contributed by atoms with Crippen LogP contribution in [0.2, 0.25) is 0 Å². The highest BCUT2D eigenvalue weighted by molar-refractivity contribution is 7.99. The molecule has 1 amide bonds. The highest BCUT2D eigenvalue weighted by Gasteiger charge is 2.25. The van der Waals surface area contributed by atoms with Crippen LogP contribution in [0.15, 0.2) is 64.1 Å². The fraction of sp³-hybridized carbons (Fsp3) is 0.217. The highest BCUT2D eigenvalue weighted by atomic mass is 32.2. The summed E-state index contributed by atoms with van der Waals surface area (Å²) in [6.07, 6.45) is 1.62. The maximum absolute atomic E-state index is 13.7. The monoisotopic (exact) mass is 438 g/mol. The molecular weight excluding hydrogens is 416 g/mol. The normalized spacial score (nSPS) is 11.0. The number of methoxy groups -OCH3 is 1. The van der Waals surface area contributed by atoms with Gasteiger partial charge in [0.05, 0.1) is 30.2 Å². The number of nitrogens with zero attached hydrogens (tertiary/aromatic N) is 2. The van der Waals surface area contributed by atoms with Crippen LogP contribution in [0.3, 0.4) is 0 Å². The lowest BCUT2D eigenvalue weighted by Crippen LogP contribution is -2.30. The zero-order valence-electron chi connectivity index (χ0n) is 17.0. The minimum Gasteiger partial charge on any atom is -0.494 e. The molecule has 4 rings (SSSR count). The average Bonchev–Trinajstić information content (AvgIpc) is 3.43. The number of fused-ring (bicyclic) bond motifs is 1. The third kappa shape index (κ3) is 3.95. The molecule has 0 saturated carbocycles. The molecule has 2 aromatic heterocycles. The maximum Gasteiger partial charge on any atom is 0.261 e. The molecule has 0 N–H and O–H groups in total. The summed E-state index contributed by atoms with van der Waals surface area (Å²) in [6.45, 7) is 4.42. The van der Waals surface area contributed by atoms with Crippen molar-refractivity contribution < 1.29 is 13.9 Å². The number of carbonyl (C=O) groups excluding carboxylic acids is 1. The zero-order valence-corrected chi connectivity index (χ0v) is 18.7. The van der Waals surface area contributed by atoms with Gasteiger partial charge in [0.1, 0.15) is 17.0 Å². The van der Waals surface area contributed by atoms with Crippen LogP contribution in [-0.4, -0.2) is 23.8 Å². The van der Waals surface area contributed by atoms with Crippen LogP contribution < -0.4 is 9.64 Å². The van der Waals surface area contributed by atoms with Crippen molar-refractivity contribution in [3.05, 3.63) is 71.7 Å². The van der Waals surface area contributed by atoms with Crippen LogP contribution in [0.4, 0.5) is 5.13 Å². The Kier molecular flexibility index (Phi) is 6.11. The van der Waals surface area contributed by atoms with E-state index in [0.717, 1.165) is 26.4 Å². The number of hydrogen-bond donors (Lipinski definition) is 0. The minimum atomic E-state index is -0.0985. The van der Waals surface area contributed by atoms with E-state index in [2.05, 4.69) is 6.92 Å². The van der Waals surface area contributed by atoms with E-state index in [1.165, 1.54) is 11.3 Å². The summed E-state index contributed by atoms with van der Waals surface area (Å²) in [5.74, 6) is 2.19. The number of amides is 1. The van der Waals surface area contributed by atoms with E-state index < -0.39 is 0 Å². The summed E-state index contributed by atoms with van der Waals surface area (Å²) in [4.78, 5) is 21.1. The van der Waals surface area contributed by atoms with Crippen molar-refractivity contribution in [3.63, 3.8) is 0 Å². The number of hydrogen-bond acceptors (Lipinski definition) is 6. The summed E-state index contributed by atoms with van der Waals surface area (Å²) < 4.78 is 12.1. The van der Waals surface area contributed by atoms with Crippen molar-refractivity contribution >= 4 is 44.4 Å². The summed E-state index contributed by atoms with van der Waals surface area (Å²) in [5.41, 5.74) is 2.53. The van der Waals surface area contributed by atoms with Crippen molar-refractivity contribution in [2.75, 3.05) is 17.8 Å². The zero-order chi connectivity index (χ0) is 21.1. The first kappa shape index (κ1) is 20.5. The molecule has 0 saturated heterocycles. The minimum absolute atomic E-state index is 0.0985. The summed E-state index contributed by atoms with van der Waals surface area (Å²) in [6, 6.07) is 15.3. The van der Waals surface area contributed by atoms with Crippen LogP contribution in [0.1, 0.15) is 28.6 Å². The van der Waals surface area contributed by atoms with Gasteiger partial charge in [0.15, 0.2) is 5.13 Å². The molecule has 0 aliphatic heterocycles. The molecule has 154 valence electrons. The second-order valence-corrected chi connectivity index (χ2v) is 8.94. The molecule has 5 nitrogen and oxygen atoms in total. The molecule has 2 aromatic carbocycles. The predicted molar refractivity (Wildman–Crippen MR) is 123 cm³/mol. The lowest BCUT2D eigenvalue weighted by molar-refractivity contribution is 0.0980. The maximum atomic E-state index is 13.7. The quantitative estimate of drug-likeness (QED) is 0.323. The van der Waals surface area contributed by atoms with Gasteiger partial charge in [-0.1, -0.05) is 36.5 Å². The van der Waals surface area contributed by atoms with Crippen LogP contribution in [-0.2, 0) is 6.54 Å². The van der Waals surface area contributed by atoms with Crippen LogP contribution in [0.25, 0.3) is 10.2 Å². The molecular formula is C23H22N2O3S2. The fourth-order valence-corrected chi connectivity index (χ4v) is 5.08. The molecule has 2 heterocycles. The van der Waals surface area contributed by atoms with E-state index >= 15 is 0 Å². The summed E-state index contributed by atoms with van der Waals surface area (Å²) in [5, 5.41) is 0.621. The molecule has 0 spiro atoms.